The summed E-state index contributed by atoms with van der Waals surface area (Å²) in [6.07, 6.45) is 15.5. The molecule has 5 saturated carbocycles. The standard InChI is InChI=1S/C24H30FN9O2.C18H27N5O4Si.C18H29N5O2Si.C10H8FN5O2.C10H9FN2O3.C6H5FN2O2/c25-19-14-26-24(29-22(19)27-17-7-9-33-8-1-2-18(33)12-17)28-16-5-6-21(36-11-10-35)20(13-16)34-23(15-3-4-15)30-31-32-34;1-18(2,3)28(4,5)27-11-10-26-16-9-8-14(23(24)25)12-15(16)22-17(13-6-7-13)19-20-21-22;1-18(2,3)26(4,5)25-11-10-24-16-9-8-14(19)12-15(16)23-17(13-6-7-13)20-21-22-23;11-8-4-3-7(16(17)18)5-9(8)15-10(6-1-2-6)12-13-14-15;11-8-4-3-7(13(15)16)5-9(8)12-10(14)6-1-2-6;7-5-2-1-4(9(10)11)3-6(5)8/h5-6,13-15,17-18,35H,1-4,7-12H2,(H2,26,27,28,29);8-9,12-13H,6-7,10-11H2,1-5H3;8-9,12-13H,6-7,10-11,19H2,1-5H3;3-6H,1-2H2;3-6H,1-2H2,(H,12,14);1-3H,8H2/t17-,18-;;;;;/m0...../s1. The number of nitrogen functional groups attached to an aromatic ring is 2. The third-order valence-corrected chi connectivity index (χ3v) is 33.3. The Morgan fingerprint density at radius 3 is 1.40 bits per heavy atom. The van der Waals surface area contributed by atoms with Crippen LogP contribution in [0.3, 0.4) is 0 Å². The van der Waals surface area contributed by atoms with Crippen LogP contribution >= 0.6 is 0 Å². The van der Waals surface area contributed by atoms with Crippen molar-refractivity contribution in [3.05, 3.63) is 202 Å². The van der Waals surface area contributed by atoms with Crippen molar-refractivity contribution in [2.45, 2.75) is 203 Å². The summed E-state index contributed by atoms with van der Waals surface area (Å²) in [6.45, 7) is 26.2. The van der Waals surface area contributed by atoms with Crippen molar-refractivity contribution in [1.29, 1.82) is 0 Å². The maximum atomic E-state index is 14.6. The molecule has 1 amide bonds. The number of piperidine rings is 1. The summed E-state index contributed by atoms with van der Waals surface area (Å²) < 4.78 is 90.1. The third-order valence-electron chi connectivity index (χ3n) is 24.2. The Labute approximate surface area is 774 Å². The van der Waals surface area contributed by atoms with E-state index in [0.29, 0.717) is 102 Å². The first-order valence-electron chi connectivity index (χ1n) is 44.2. The monoisotopic (exact) mass is 1900 g/mol. The van der Waals surface area contributed by atoms with Gasteiger partial charge in [-0.2, -0.15) is 23.7 Å². The van der Waals surface area contributed by atoms with Gasteiger partial charge in [0.05, 0.1) is 57.1 Å². The highest BCUT2D eigenvalue weighted by atomic mass is 28.4. The molecule has 5 aliphatic carbocycles. The Bertz CT molecular complexity index is 6020. The van der Waals surface area contributed by atoms with Crippen LogP contribution in [0, 0.1) is 69.6 Å². The second-order valence-electron chi connectivity index (χ2n) is 36.5. The summed E-state index contributed by atoms with van der Waals surface area (Å²) >= 11 is 0. The molecule has 43 nitrogen and oxygen atoms in total. The van der Waals surface area contributed by atoms with E-state index >= 15 is 0 Å². The van der Waals surface area contributed by atoms with Crippen LogP contribution in [0.2, 0.25) is 36.3 Å². The Hall–Kier alpha value is -13.7. The van der Waals surface area contributed by atoms with Gasteiger partial charge in [0.1, 0.15) is 77.3 Å². The van der Waals surface area contributed by atoms with E-state index in [9.17, 15) is 67.9 Å². The predicted octanol–water partition coefficient (Wildman–Crippen LogP) is 15.0. The van der Waals surface area contributed by atoms with E-state index < -0.39 is 59.6 Å². The lowest BCUT2D eigenvalue weighted by molar-refractivity contribution is -0.385. The number of carbonyl (C=O) groups excluding carboxylic acids is 1. The van der Waals surface area contributed by atoms with Crippen LogP contribution in [-0.2, 0) is 13.6 Å². The Morgan fingerprint density at radius 2 is 0.926 bits per heavy atom. The minimum atomic E-state index is -1.86. The average molecular weight is 1910 g/mol. The molecule has 2 aliphatic heterocycles. The minimum Gasteiger partial charge on any atom is -0.489 e. The highest BCUT2D eigenvalue weighted by molar-refractivity contribution is 6.74. The molecule has 0 bridgehead atoms. The second-order valence-corrected chi connectivity index (χ2v) is 46.1. The van der Waals surface area contributed by atoms with Gasteiger partial charge in [-0.15, -0.1) is 20.4 Å². The number of nitro groups is 4. The summed E-state index contributed by atoms with van der Waals surface area (Å²) in [5.41, 5.74) is 13.3. The van der Waals surface area contributed by atoms with Gasteiger partial charge < -0.3 is 60.5 Å². The molecule has 0 radical (unpaired) electrons. The minimum absolute atomic E-state index is 0.0103. The number of anilines is 6. The lowest BCUT2D eigenvalue weighted by atomic mass is 9.97. The summed E-state index contributed by atoms with van der Waals surface area (Å²) in [7, 11) is -3.63. The number of nitrogens with one attached hydrogen (secondary N) is 3. The lowest BCUT2D eigenvalue weighted by Gasteiger charge is -2.36. The van der Waals surface area contributed by atoms with E-state index in [4.69, 9.17) is 34.5 Å². The number of amides is 1. The molecule has 11 aromatic rings. The number of carbonyl (C=O) groups is 1. The number of aromatic nitrogens is 18. The van der Waals surface area contributed by atoms with Crippen molar-refractivity contribution in [1.82, 2.24) is 95.7 Å². The van der Waals surface area contributed by atoms with E-state index in [1.165, 1.54) is 42.4 Å². The number of nitrogens with two attached hydrogens (primary N) is 2. The molecule has 5 aromatic heterocycles. The van der Waals surface area contributed by atoms with E-state index in [1.807, 2.05) is 30.3 Å². The van der Waals surface area contributed by atoms with Crippen molar-refractivity contribution in [3.63, 3.8) is 0 Å². The maximum absolute atomic E-state index is 14.6. The van der Waals surface area contributed by atoms with Crippen molar-refractivity contribution < 1.29 is 70.2 Å². The van der Waals surface area contributed by atoms with Gasteiger partial charge in [-0.1, -0.05) is 41.5 Å². The van der Waals surface area contributed by atoms with Gasteiger partial charge in [0, 0.05) is 108 Å². The number of fused-ring (bicyclic) bond motifs is 1. The number of rotatable bonds is 31. The maximum Gasteiger partial charge on any atom is 0.271 e. The SMILES string of the molecule is CC(C)(C)[Si](C)(C)OCCOc1ccc(N)cc1-n1nnnc1C1CC1.CC(C)(C)[Si](C)(C)OCCOc1ccc([N+](=O)[O-])cc1-n1nnnc1C1CC1.Nc1cc([N+](=O)[O-])ccc1F.O=C(Nc1cc([N+](=O)[O-])ccc1F)C1CC1.O=[N+]([O-])c1ccc(F)c(-n2nnnc2C2CC2)c1.OCCOc1ccc(Nc2ncc(F)c(N[C@H]3CCN4CCC[C@H]4C3)n2)cc1-n1nnnc1C1CC1. The van der Waals surface area contributed by atoms with Crippen LogP contribution in [0.1, 0.15) is 178 Å². The number of hydrogen-bond donors (Lipinski definition) is 6. The fourth-order valence-electron chi connectivity index (χ4n) is 13.9. The van der Waals surface area contributed by atoms with E-state index in [-0.39, 0.29) is 98.7 Å². The first-order valence-corrected chi connectivity index (χ1v) is 50.1. The Balaban J connectivity index is 0.000000142. The molecule has 7 heterocycles. The van der Waals surface area contributed by atoms with Gasteiger partial charge in [0.15, 0.2) is 51.6 Å². The molecule has 0 spiro atoms. The number of nitrogens with zero attached hydrogens (tertiary/aromatic N) is 23. The molecule has 2 atom stereocenters. The average Bonchev–Trinajstić information content (AvgIpc) is 1.65. The van der Waals surface area contributed by atoms with E-state index in [0.717, 1.165) is 156 Å². The highest BCUT2D eigenvalue weighted by Crippen LogP contribution is 2.46. The molecule has 718 valence electrons. The molecule has 7 fully saturated rings. The van der Waals surface area contributed by atoms with Crippen LogP contribution in [0.25, 0.3) is 22.7 Å². The zero-order valence-electron chi connectivity index (χ0n) is 76.2. The number of halogens is 4. The van der Waals surface area contributed by atoms with Crippen molar-refractivity contribution in [3.8, 4) is 40.0 Å². The fraction of sp³-hybridized carbons (Fsp3) is 0.477. The first-order chi connectivity index (χ1) is 64.3. The van der Waals surface area contributed by atoms with Crippen LogP contribution in [-0.4, -0.2) is 208 Å². The topological polar surface area (TPSA) is 548 Å². The molecule has 49 heteroatoms. The zero-order valence-corrected chi connectivity index (χ0v) is 78.2. The molecule has 0 unspecified atom stereocenters. The molecule has 6 aromatic carbocycles. The second kappa shape index (κ2) is 43.1. The molecule has 135 heavy (non-hydrogen) atoms. The largest absolute Gasteiger partial charge is 0.489 e. The number of non-ortho nitro benzene ring substituents is 4. The predicted molar refractivity (Wildman–Crippen MR) is 490 cm³/mol. The van der Waals surface area contributed by atoms with Crippen LogP contribution in [0.4, 0.5) is 74.8 Å². The number of aliphatic hydroxyl groups is 1. The van der Waals surface area contributed by atoms with Crippen molar-refractivity contribution >= 4 is 79.8 Å². The van der Waals surface area contributed by atoms with Gasteiger partial charge in [-0.3, -0.25) is 45.3 Å². The number of ether oxygens (including phenoxy) is 3. The summed E-state index contributed by atoms with van der Waals surface area (Å²) in [5.74, 6) is 3.73. The summed E-state index contributed by atoms with van der Waals surface area (Å²) in [6, 6.07) is 25.6. The number of tetrazole rings is 4. The molecular weight excluding hydrogens is 1800 g/mol. The number of benzene rings is 6. The van der Waals surface area contributed by atoms with Gasteiger partial charge >= 0.3 is 0 Å². The summed E-state index contributed by atoms with van der Waals surface area (Å²) in [4.78, 5) is 62.7. The van der Waals surface area contributed by atoms with Crippen LogP contribution in [0.5, 0.6) is 17.2 Å². The quantitative estimate of drug-likeness (QED) is 0.00587. The van der Waals surface area contributed by atoms with Gasteiger partial charge in [-0.05, 0) is 235 Å². The normalized spacial score (nSPS) is 16.3. The highest BCUT2D eigenvalue weighted by Gasteiger charge is 2.41. The Kier molecular flexibility index (Phi) is 31.6. The fourth-order valence-corrected chi connectivity index (χ4v) is 15.9. The van der Waals surface area contributed by atoms with Crippen molar-refractivity contribution in [2.75, 3.05) is 80.1 Å². The van der Waals surface area contributed by atoms with Gasteiger partial charge in [-0.25, -0.2) is 22.5 Å². The number of aliphatic hydroxyl groups excluding tert-OH is 1. The molecular formula is C86H108F4N28O15Si2. The first kappa shape index (κ1) is 98.8. The van der Waals surface area contributed by atoms with Crippen LogP contribution < -0.4 is 41.6 Å². The van der Waals surface area contributed by atoms with Crippen molar-refractivity contribution in [2.24, 2.45) is 5.92 Å². The van der Waals surface area contributed by atoms with Crippen LogP contribution in [0.15, 0.2) is 115 Å². The Morgan fingerprint density at radius 1 is 0.496 bits per heavy atom. The van der Waals surface area contributed by atoms with Gasteiger partial charge in [0.25, 0.3) is 22.7 Å². The molecule has 8 N–H and O–H groups in total. The molecule has 7 aliphatic rings. The third kappa shape index (κ3) is 26.3. The zero-order chi connectivity index (χ0) is 96.8. The number of nitro benzene ring substituents is 4. The van der Waals surface area contributed by atoms with E-state index in [1.54, 1.807) is 26.2 Å². The number of hydrogen-bond acceptors (Lipinski definition) is 34. The molecule has 2 saturated heterocycles. The lowest BCUT2D eigenvalue weighted by Crippen LogP contribution is -2.43. The van der Waals surface area contributed by atoms with Gasteiger partial charge in [0.2, 0.25) is 11.9 Å². The smallest absolute Gasteiger partial charge is 0.271 e. The van der Waals surface area contributed by atoms with E-state index in [2.05, 4.69) is 161 Å². The summed E-state index contributed by atoms with van der Waals surface area (Å²) in [5, 5.41) is 108. The molecule has 18 rings (SSSR count).